The van der Waals surface area contributed by atoms with E-state index in [0.717, 1.165) is 0 Å². The van der Waals surface area contributed by atoms with Crippen molar-refractivity contribution in [2.45, 2.75) is 25.8 Å². The first-order chi connectivity index (χ1) is 9.88. The van der Waals surface area contributed by atoms with Gasteiger partial charge in [0.2, 0.25) is 11.8 Å². The number of primary amides is 1. The van der Waals surface area contributed by atoms with Gasteiger partial charge < -0.3 is 16.0 Å². The van der Waals surface area contributed by atoms with Crippen LogP contribution >= 0.6 is 0 Å². The number of nitrogens with zero attached hydrogens (tertiary/aromatic N) is 1. The van der Waals surface area contributed by atoms with Gasteiger partial charge in [0.05, 0.1) is 6.04 Å². The Hall–Kier alpha value is -1.88. The lowest BCUT2D eigenvalue weighted by atomic mass is 9.99. The Kier molecular flexibility index (Phi) is 4.32. The van der Waals surface area contributed by atoms with Crippen LogP contribution in [0.25, 0.3) is 0 Å². The fraction of sp³-hybridized carbons (Fsp3) is 0.500. The zero-order valence-corrected chi connectivity index (χ0v) is 12.8. The summed E-state index contributed by atoms with van der Waals surface area (Å²) in [6.45, 7) is 2.52. The summed E-state index contributed by atoms with van der Waals surface area (Å²) in [7, 11) is 3.95. The van der Waals surface area contributed by atoms with E-state index in [-0.39, 0.29) is 11.9 Å². The highest BCUT2D eigenvalue weighted by Gasteiger charge is 2.55. The highest BCUT2D eigenvalue weighted by molar-refractivity contribution is 6.07. The second-order valence-electron chi connectivity index (χ2n) is 5.99. The molecule has 0 bridgehead atoms. The van der Waals surface area contributed by atoms with E-state index in [9.17, 15) is 9.59 Å². The molecule has 1 atom stereocenters. The van der Waals surface area contributed by atoms with Gasteiger partial charge in [-0.05, 0) is 45.0 Å². The second kappa shape index (κ2) is 5.85. The predicted molar refractivity (Wildman–Crippen MR) is 81.5 cm³/mol. The van der Waals surface area contributed by atoms with E-state index in [4.69, 9.17) is 5.73 Å². The molecule has 0 radical (unpaired) electrons. The maximum absolute atomic E-state index is 12.2. The molecular formula is C16H23N3O2. The SMILES string of the molecule is Cc1ccccc1[C@@H](CNC(=O)C1(C(N)=O)CC1)N(C)C. The molecule has 5 nitrogen and oxygen atoms in total. The summed E-state index contributed by atoms with van der Waals surface area (Å²) in [4.78, 5) is 25.6. The molecule has 1 fully saturated rings. The molecule has 3 N–H and O–H groups in total. The molecule has 0 saturated heterocycles. The van der Waals surface area contributed by atoms with Crippen molar-refractivity contribution < 1.29 is 9.59 Å². The highest BCUT2D eigenvalue weighted by Crippen LogP contribution is 2.45. The Morgan fingerprint density at radius 2 is 1.95 bits per heavy atom. The lowest BCUT2D eigenvalue weighted by Crippen LogP contribution is -2.43. The third kappa shape index (κ3) is 3.08. The molecule has 1 aromatic carbocycles. The molecule has 0 heterocycles. The summed E-state index contributed by atoms with van der Waals surface area (Å²) >= 11 is 0. The van der Waals surface area contributed by atoms with Gasteiger partial charge in [-0.15, -0.1) is 0 Å². The molecule has 1 aromatic rings. The molecule has 5 heteroatoms. The average molecular weight is 289 g/mol. The van der Waals surface area contributed by atoms with Gasteiger partial charge in [-0.2, -0.15) is 0 Å². The Morgan fingerprint density at radius 3 is 2.43 bits per heavy atom. The number of nitrogens with one attached hydrogen (secondary N) is 1. The van der Waals surface area contributed by atoms with Crippen LogP contribution in [0.4, 0.5) is 0 Å². The Morgan fingerprint density at radius 1 is 1.33 bits per heavy atom. The van der Waals surface area contributed by atoms with Gasteiger partial charge in [-0.25, -0.2) is 0 Å². The second-order valence-corrected chi connectivity index (χ2v) is 5.99. The molecule has 2 rings (SSSR count). The minimum absolute atomic E-state index is 0.0684. The van der Waals surface area contributed by atoms with Crippen molar-refractivity contribution in [3.05, 3.63) is 35.4 Å². The van der Waals surface area contributed by atoms with Gasteiger partial charge >= 0.3 is 0 Å². The molecule has 1 aliphatic carbocycles. The fourth-order valence-electron chi connectivity index (χ4n) is 2.60. The molecule has 0 aliphatic heterocycles. The van der Waals surface area contributed by atoms with Crippen molar-refractivity contribution in [3.8, 4) is 0 Å². The molecule has 1 saturated carbocycles. The number of carbonyl (C=O) groups excluding carboxylic acids is 2. The molecular weight excluding hydrogens is 266 g/mol. The van der Waals surface area contributed by atoms with E-state index in [1.54, 1.807) is 0 Å². The van der Waals surface area contributed by atoms with Gasteiger partial charge in [-0.1, -0.05) is 24.3 Å². The van der Waals surface area contributed by atoms with Crippen LogP contribution in [0.2, 0.25) is 0 Å². The first-order valence-corrected chi connectivity index (χ1v) is 7.18. The van der Waals surface area contributed by atoms with E-state index in [1.165, 1.54) is 11.1 Å². The van der Waals surface area contributed by atoms with Crippen molar-refractivity contribution in [2.75, 3.05) is 20.6 Å². The zero-order chi connectivity index (χ0) is 15.6. The van der Waals surface area contributed by atoms with Gasteiger partial charge in [0.15, 0.2) is 0 Å². The number of benzene rings is 1. The summed E-state index contributed by atoms with van der Waals surface area (Å²) in [5, 5.41) is 2.89. The molecule has 114 valence electrons. The van der Waals surface area contributed by atoms with E-state index in [1.807, 2.05) is 26.2 Å². The van der Waals surface area contributed by atoms with Crippen molar-refractivity contribution in [2.24, 2.45) is 11.1 Å². The van der Waals surface area contributed by atoms with Gasteiger partial charge in [0.1, 0.15) is 5.41 Å². The number of rotatable bonds is 6. The van der Waals surface area contributed by atoms with Crippen LogP contribution in [0.1, 0.15) is 30.0 Å². The lowest BCUT2D eigenvalue weighted by Gasteiger charge is -2.27. The minimum Gasteiger partial charge on any atom is -0.369 e. The monoisotopic (exact) mass is 289 g/mol. The predicted octanol–water partition coefficient (Wildman–Crippen LogP) is 0.979. The summed E-state index contributed by atoms with van der Waals surface area (Å²) < 4.78 is 0. The molecule has 1 aliphatic rings. The van der Waals surface area contributed by atoms with Gasteiger partial charge in [0, 0.05) is 6.54 Å². The summed E-state index contributed by atoms with van der Waals surface area (Å²) in [6, 6.07) is 8.17. The Bertz CT molecular complexity index is 550. The molecule has 0 spiro atoms. The Balaban J connectivity index is 2.07. The maximum Gasteiger partial charge on any atom is 0.235 e. The highest BCUT2D eigenvalue weighted by atomic mass is 16.2. The van der Waals surface area contributed by atoms with Crippen molar-refractivity contribution in [1.29, 1.82) is 0 Å². The fourth-order valence-corrected chi connectivity index (χ4v) is 2.60. The number of hydrogen-bond donors (Lipinski definition) is 2. The smallest absolute Gasteiger partial charge is 0.235 e. The van der Waals surface area contributed by atoms with Crippen LogP contribution in [0.15, 0.2) is 24.3 Å². The third-order valence-electron chi connectivity index (χ3n) is 4.28. The van der Waals surface area contributed by atoms with E-state index in [2.05, 4.69) is 29.3 Å². The first kappa shape index (κ1) is 15.5. The number of aryl methyl sites for hydroxylation is 1. The summed E-state index contributed by atoms with van der Waals surface area (Å²) in [5.41, 5.74) is 6.72. The number of carbonyl (C=O) groups is 2. The number of amides is 2. The zero-order valence-electron chi connectivity index (χ0n) is 12.8. The van der Waals surface area contributed by atoms with Crippen LogP contribution in [-0.2, 0) is 9.59 Å². The quantitative estimate of drug-likeness (QED) is 0.767. The van der Waals surface area contributed by atoms with Crippen molar-refractivity contribution in [1.82, 2.24) is 10.2 Å². The first-order valence-electron chi connectivity index (χ1n) is 7.18. The molecule has 21 heavy (non-hydrogen) atoms. The van der Waals surface area contributed by atoms with E-state index >= 15 is 0 Å². The lowest BCUT2D eigenvalue weighted by molar-refractivity contribution is -0.135. The van der Waals surface area contributed by atoms with Crippen molar-refractivity contribution in [3.63, 3.8) is 0 Å². The number of hydrogen-bond acceptors (Lipinski definition) is 3. The minimum atomic E-state index is -0.956. The van der Waals surface area contributed by atoms with Crippen LogP contribution in [-0.4, -0.2) is 37.4 Å². The number of nitrogens with two attached hydrogens (primary N) is 1. The van der Waals surface area contributed by atoms with Gasteiger partial charge in [0.25, 0.3) is 0 Å². The van der Waals surface area contributed by atoms with Crippen LogP contribution in [0.5, 0.6) is 0 Å². The Labute approximate surface area is 125 Å². The van der Waals surface area contributed by atoms with Crippen LogP contribution in [0.3, 0.4) is 0 Å². The normalized spacial score (nSPS) is 17.3. The average Bonchev–Trinajstić information content (AvgIpc) is 3.22. The van der Waals surface area contributed by atoms with Crippen LogP contribution in [0, 0.1) is 12.3 Å². The number of likely N-dealkylation sites (N-methyl/N-ethyl adjacent to an activating group) is 1. The van der Waals surface area contributed by atoms with E-state index in [0.29, 0.717) is 19.4 Å². The molecule has 0 aromatic heterocycles. The van der Waals surface area contributed by atoms with Crippen LogP contribution < -0.4 is 11.1 Å². The topological polar surface area (TPSA) is 75.4 Å². The van der Waals surface area contributed by atoms with Crippen molar-refractivity contribution >= 4 is 11.8 Å². The standard InChI is InChI=1S/C16H23N3O2/c1-11-6-4-5-7-12(11)13(19(2)3)10-18-15(21)16(8-9-16)14(17)20/h4-7,13H,8-10H2,1-3H3,(H2,17,20)(H,18,21)/t13-/m1/s1. The summed E-state index contributed by atoms with van der Waals surface area (Å²) in [5.74, 6) is -0.757. The molecule has 0 unspecified atom stereocenters. The maximum atomic E-state index is 12.2. The van der Waals surface area contributed by atoms with E-state index < -0.39 is 11.3 Å². The molecule has 2 amide bonds. The largest absolute Gasteiger partial charge is 0.369 e. The summed E-state index contributed by atoms with van der Waals surface area (Å²) in [6.07, 6.45) is 1.12. The van der Waals surface area contributed by atoms with Gasteiger partial charge in [-0.3, -0.25) is 9.59 Å². The third-order valence-corrected chi connectivity index (χ3v) is 4.28.